The Morgan fingerprint density at radius 1 is 1.18 bits per heavy atom. The Labute approximate surface area is 197 Å². The van der Waals surface area contributed by atoms with E-state index in [2.05, 4.69) is 41.9 Å². The number of nitrogens with one attached hydrogen (secondary N) is 2. The van der Waals surface area contributed by atoms with Crippen LogP contribution in [0.1, 0.15) is 22.8 Å². The molecule has 10 nitrogen and oxygen atoms in total. The molecule has 2 aromatic carbocycles. The fourth-order valence-corrected chi connectivity index (χ4v) is 4.52. The van der Waals surface area contributed by atoms with E-state index in [0.29, 0.717) is 24.7 Å². The number of para-hydroxylation sites is 1. The van der Waals surface area contributed by atoms with Gasteiger partial charge < -0.3 is 24.6 Å². The molecule has 4 aromatic rings. The summed E-state index contributed by atoms with van der Waals surface area (Å²) in [7, 11) is 0. The van der Waals surface area contributed by atoms with Gasteiger partial charge in [-0.05, 0) is 70.0 Å². The standard InChI is InChI=1S/C22H20BrN7O3/c1-2-33-22-24-16-5-3-4-15(21(31)32)19(16)29(22)12-13-6-8-14(9-7-13)30-17(10-11-18(30)23)20-25-27-28-26-20/h3-11,22,24H,2,12H2,1H3,(H,31,32)(H,25,26,27,28). The van der Waals surface area contributed by atoms with Crippen LogP contribution in [0.15, 0.2) is 59.2 Å². The number of carboxylic acids is 1. The van der Waals surface area contributed by atoms with Crippen molar-refractivity contribution in [3.05, 3.63) is 70.3 Å². The molecule has 1 atom stereocenters. The number of halogens is 1. The van der Waals surface area contributed by atoms with Gasteiger partial charge in [0.25, 0.3) is 0 Å². The maximum Gasteiger partial charge on any atom is 0.337 e. The van der Waals surface area contributed by atoms with E-state index >= 15 is 0 Å². The Hall–Kier alpha value is -3.70. The SMILES string of the molecule is CCOC1Nc2cccc(C(=O)O)c2N1Cc1ccc(-n2c(Br)ccc2-c2nn[nH]n2)cc1. The molecule has 0 aliphatic carbocycles. The maximum absolute atomic E-state index is 11.8. The predicted octanol–water partition coefficient (Wildman–Crippen LogP) is 3.87. The fourth-order valence-electron chi connectivity index (χ4n) is 3.99. The third-order valence-electron chi connectivity index (χ3n) is 5.40. The van der Waals surface area contributed by atoms with E-state index in [1.807, 2.05) is 58.9 Å². The van der Waals surface area contributed by atoms with Crippen molar-refractivity contribution in [3.8, 4) is 17.2 Å². The summed E-state index contributed by atoms with van der Waals surface area (Å²) >= 11 is 3.58. The van der Waals surface area contributed by atoms with Crippen molar-refractivity contribution < 1.29 is 14.6 Å². The van der Waals surface area contributed by atoms with E-state index in [1.165, 1.54) is 0 Å². The summed E-state index contributed by atoms with van der Waals surface area (Å²) < 4.78 is 8.68. The van der Waals surface area contributed by atoms with Crippen molar-refractivity contribution in [2.24, 2.45) is 0 Å². The number of ether oxygens (including phenoxy) is 1. The highest BCUT2D eigenvalue weighted by molar-refractivity contribution is 9.10. The van der Waals surface area contributed by atoms with Gasteiger partial charge in [-0.1, -0.05) is 18.2 Å². The van der Waals surface area contributed by atoms with Crippen LogP contribution in [0.4, 0.5) is 11.4 Å². The molecule has 3 N–H and O–H groups in total. The molecular weight excluding hydrogens is 490 g/mol. The minimum absolute atomic E-state index is 0.236. The predicted molar refractivity (Wildman–Crippen MR) is 125 cm³/mol. The number of carboxylic acid groups (broad SMARTS) is 1. The summed E-state index contributed by atoms with van der Waals surface area (Å²) in [6.45, 7) is 2.87. The first-order valence-electron chi connectivity index (χ1n) is 10.3. The molecule has 11 heteroatoms. The molecule has 2 aromatic heterocycles. The van der Waals surface area contributed by atoms with Gasteiger partial charge >= 0.3 is 5.97 Å². The van der Waals surface area contributed by atoms with Crippen molar-refractivity contribution >= 4 is 33.3 Å². The number of anilines is 2. The highest BCUT2D eigenvalue weighted by atomic mass is 79.9. The highest BCUT2D eigenvalue weighted by Crippen LogP contribution is 2.39. The number of carbonyl (C=O) groups is 1. The summed E-state index contributed by atoms with van der Waals surface area (Å²) in [6.07, 6.45) is -0.450. The topological polar surface area (TPSA) is 121 Å². The van der Waals surface area contributed by atoms with Crippen LogP contribution in [0.25, 0.3) is 17.2 Å². The number of hydrogen-bond donors (Lipinski definition) is 3. The lowest BCUT2D eigenvalue weighted by Crippen LogP contribution is -2.38. The van der Waals surface area contributed by atoms with E-state index in [1.54, 1.807) is 12.1 Å². The monoisotopic (exact) mass is 509 g/mol. The molecule has 0 bridgehead atoms. The molecule has 0 radical (unpaired) electrons. The minimum atomic E-state index is -0.974. The molecule has 0 spiro atoms. The average Bonchev–Trinajstić information content (AvgIpc) is 3.54. The van der Waals surface area contributed by atoms with Gasteiger partial charge in [0.05, 0.1) is 27.2 Å². The second kappa shape index (κ2) is 8.68. The first-order chi connectivity index (χ1) is 16.1. The number of aromatic nitrogens is 5. The number of aromatic amines is 1. The summed E-state index contributed by atoms with van der Waals surface area (Å²) in [6, 6.07) is 17.0. The molecule has 168 valence electrons. The lowest BCUT2D eigenvalue weighted by molar-refractivity contribution is 0.0694. The van der Waals surface area contributed by atoms with E-state index in [9.17, 15) is 9.90 Å². The molecule has 0 amide bonds. The lowest BCUT2D eigenvalue weighted by Gasteiger charge is -2.27. The van der Waals surface area contributed by atoms with Gasteiger partial charge in [-0.3, -0.25) is 0 Å². The molecule has 3 heterocycles. The normalized spacial score (nSPS) is 14.8. The number of rotatable bonds is 7. The van der Waals surface area contributed by atoms with Crippen molar-refractivity contribution in [3.63, 3.8) is 0 Å². The van der Waals surface area contributed by atoms with Gasteiger partial charge in [0.1, 0.15) is 0 Å². The Balaban J connectivity index is 1.46. The van der Waals surface area contributed by atoms with E-state index in [4.69, 9.17) is 4.74 Å². The van der Waals surface area contributed by atoms with Crippen LogP contribution in [-0.2, 0) is 11.3 Å². The maximum atomic E-state index is 11.8. The van der Waals surface area contributed by atoms with E-state index < -0.39 is 12.3 Å². The van der Waals surface area contributed by atoms with Crippen LogP contribution in [0.3, 0.4) is 0 Å². The quantitative estimate of drug-likeness (QED) is 0.343. The van der Waals surface area contributed by atoms with Gasteiger partial charge in [0, 0.05) is 18.8 Å². The number of H-pyrrole nitrogens is 1. The Morgan fingerprint density at radius 2 is 2.00 bits per heavy atom. The zero-order valence-corrected chi connectivity index (χ0v) is 19.2. The van der Waals surface area contributed by atoms with E-state index in [-0.39, 0.29) is 5.56 Å². The summed E-state index contributed by atoms with van der Waals surface area (Å²) in [5.74, 6) is -0.483. The van der Waals surface area contributed by atoms with Crippen LogP contribution < -0.4 is 10.2 Å². The molecule has 0 fully saturated rings. The lowest BCUT2D eigenvalue weighted by atomic mass is 10.1. The van der Waals surface area contributed by atoms with Gasteiger partial charge in [-0.2, -0.15) is 5.21 Å². The zero-order chi connectivity index (χ0) is 22.9. The molecule has 1 unspecified atom stereocenters. The number of benzene rings is 2. The Morgan fingerprint density at radius 3 is 2.70 bits per heavy atom. The van der Waals surface area contributed by atoms with E-state index in [0.717, 1.165) is 27.2 Å². The minimum Gasteiger partial charge on any atom is -0.478 e. The third-order valence-corrected chi connectivity index (χ3v) is 6.01. The van der Waals surface area contributed by atoms with Gasteiger partial charge in [0.2, 0.25) is 12.2 Å². The Kier molecular flexibility index (Phi) is 5.56. The second-order valence-electron chi connectivity index (χ2n) is 7.37. The number of nitrogens with zero attached hydrogens (tertiary/aromatic N) is 5. The molecule has 1 aliphatic heterocycles. The molecule has 0 saturated carbocycles. The van der Waals surface area contributed by atoms with Crippen molar-refractivity contribution in [1.29, 1.82) is 0 Å². The van der Waals surface area contributed by atoms with Gasteiger partial charge in [-0.25, -0.2) is 4.79 Å². The summed E-state index contributed by atoms with van der Waals surface area (Å²) in [5.41, 5.74) is 4.32. The molecule has 33 heavy (non-hydrogen) atoms. The molecule has 0 saturated heterocycles. The van der Waals surface area contributed by atoms with Gasteiger partial charge in [-0.15, -0.1) is 10.2 Å². The van der Waals surface area contributed by atoms with Crippen LogP contribution in [0.2, 0.25) is 0 Å². The molecular formula is C22H20BrN7O3. The first kappa shape index (κ1) is 21.2. The van der Waals surface area contributed by atoms with Gasteiger partial charge in [0.15, 0.2) is 0 Å². The molecule has 1 aliphatic rings. The fraction of sp³-hybridized carbons (Fsp3) is 0.182. The average molecular weight is 510 g/mol. The first-order valence-corrected chi connectivity index (χ1v) is 11.1. The zero-order valence-electron chi connectivity index (χ0n) is 17.6. The van der Waals surface area contributed by atoms with Crippen molar-refractivity contribution in [2.45, 2.75) is 19.8 Å². The smallest absolute Gasteiger partial charge is 0.337 e. The highest BCUT2D eigenvalue weighted by Gasteiger charge is 2.33. The van der Waals surface area contributed by atoms with Crippen molar-refractivity contribution in [2.75, 3.05) is 16.8 Å². The second-order valence-corrected chi connectivity index (χ2v) is 8.18. The number of hydrogen-bond acceptors (Lipinski definition) is 7. The third kappa shape index (κ3) is 3.85. The number of aromatic carboxylic acids is 1. The summed E-state index contributed by atoms with van der Waals surface area (Å²) in [5, 5.41) is 27.2. The van der Waals surface area contributed by atoms with Crippen LogP contribution >= 0.6 is 15.9 Å². The number of fused-ring (bicyclic) bond motifs is 1. The van der Waals surface area contributed by atoms with Crippen LogP contribution in [-0.4, -0.2) is 49.2 Å². The van der Waals surface area contributed by atoms with Crippen LogP contribution in [0, 0.1) is 0 Å². The number of tetrazole rings is 1. The summed E-state index contributed by atoms with van der Waals surface area (Å²) in [4.78, 5) is 13.8. The largest absolute Gasteiger partial charge is 0.478 e. The Bertz CT molecular complexity index is 1290. The van der Waals surface area contributed by atoms with Crippen LogP contribution in [0.5, 0.6) is 0 Å². The molecule has 5 rings (SSSR count). The van der Waals surface area contributed by atoms with Crippen molar-refractivity contribution in [1.82, 2.24) is 25.2 Å².